The lowest BCUT2D eigenvalue weighted by Crippen LogP contribution is -2.57. The zero-order valence-corrected chi connectivity index (χ0v) is 10.9. The summed E-state index contributed by atoms with van der Waals surface area (Å²) in [6.45, 7) is 5.80. The van der Waals surface area contributed by atoms with Crippen LogP contribution in [-0.2, 0) is 0 Å². The van der Waals surface area contributed by atoms with Crippen LogP contribution in [0, 0.1) is 12.3 Å². The highest BCUT2D eigenvalue weighted by Crippen LogP contribution is 2.42. The van der Waals surface area contributed by atoms with Gasteiger partial charge in [-0.3, -0.25) is 0 Å². The SMILES string of the molecule is Cc1nc(Cl)nc(NC2CC(O)C2(C)C)c1N. The van der Waals surface area contributed by atoms with Gasteiger partial charge >= 0.3 is 0 Å². The van der Waals surface area contributed by atoms with E-state index in [0.29, 0.717) is 23.6 Å². The van der Waals surface area contributed by atoms with Crippen molar-refractivity contribution in [3.8, 4) is 0 Å². The van der Waals surface area contributed by atoms with E-state index >= 15 is 0 Å². The van der Waals surface area contributed by atoms with E-state index < -0.39 is 0 Å². The molecule has 1 saturated carbocycles. The van der Waals surface area contributed by atoms with Crippen molar-refractivity contribution in [2.75, 3.05) is 11.1 Å². The van der Waals surface area contributed by atoms with E-state index in [1.165, 1.54) is 0 Å². The smallest absolute Gasteiger partial charge is 0.224 e. The first-order valence-corrected chi connectivity index (χ1v) is 5.94. The van der Waals surface area contributed by atoms with Gasteiger partial charge in [-0.2, -0.15) is 4.98 Å². The molecule has 0 bridgehead atoms. The maximum Gasteiger partial charge on any atom is 0.224 e. The summed E-state index contributed by atoms with van der Waals surface area (Å²) < 4.78 is 0. The van der Waals surface area contributed by atoms with Crippen molar-refractivity contribution in [1.29, 1.82) is 0 Å². The number of nitrogen functional groups attached to an aromatic ring is 1. The summed E-state index contributed by atoms with van der Waals surface area (Å²) in [4.78, 5) is 8.06. The quantitative estimate of drug-likeness (QED) is 0.700. The summed E-state index contributed by atoms with van der Waals surface area (Å²) in [6.07, 6.45) is 0.396. The molecule has 1 aliphatic rings. The molecule has 1 heterocycles. The normalized spacial score (nSPS) is 26.4. The third kappa shape index (κ3) is 2.05. The van der Waals surface area contributed by atoms with Crippen LogP contribution in [0.2, 0.25) is 5.28 Å². The molecular weight excluding hydrogens is 240 g/mol. The van der Waals surface area contributed by atoms with Crippen LogP contribution in [0.15, 0.2) is 0 Å². The van der Waals surface area contributed by atoms with Gasteiger partial charge in [0.2, 0.25) is 5.28 Å². The average Bonchev–Trinajstić information content (AvgIpc) is 2.24. The zero-order valence-electron chi connectivity index (χ0n) is 10.2. The van der Waals surface area contributed by atoms with Crippen molar-refractivity contribution < 1.29 is 5.11 Å². The van der Waals surface area contributed by atoms with Gasteiger partial charge in [0.25, 0.3) is 0 Å². The Morgan fingerprint density at radius 2 is 2.12 bits per heavy atom. The Bertz CT molecular complexity index is 449. The van der Waals surface area contributed by atoms with Crippen LogP contribution in [0.4, 0.5) is 11.5 Å². The van der Waals surface area contributed by atoms with E-state index in [0.717, 1.165) is 0 Å². The molecule has 5 nitrogen and oxygen atoms in total. The lowest BCUT2D eigenvalue weighted by atomic mass is 9.64. The van der Waals surface area contributed by atoms with E-state index in [2.05, 4.69) is 15.3 Å². The average molecular weight is 257 g/mol. The minimum absolute atomic E-state index is 0.144. The number of anilines is 2. The highest BCUT2D eigenvalue weighted by Gasteiger charge is 2.47. The Hall–Kier alpha value is -1.07. The minimum atomic E-state index is -0.292. The second kappa shape index (κ2) is 3.99. The monoisotopic (exact) mass is 256 g/mol. The largest absolute Gasteiger partial charge is 0.394 e. The maximum absolute atomic E-state index is 9.67. The van der Waals surface area contributed by atoms with Gasteiger partial charge in [0.05, 0.1) is 17.5 Å². The Labute approximate surface area is 105 Å². The number of hydrogen-bond donors (Lipinski definition) is 3. The molecular formula is C11H17ClN4O. The Morgan fingerprint density at radius 1 is 1.47 bits per heavy atom. The molecule has 17 heavy (non-hydrogen) atoms. The van der Waals surface area contributed by atoms with Gasteiger partial charge in [0.1, 0.15) is 0 Å². The second-order valence-electron chi connectivity index (χ2n) is 5.11. The predicted octanol–water partition coefficient (Wildman–Crippen LogP) is 1.59. The van der Waals surface area contributed by atoms with Crippen LogP contribution in [-0.4, -0.2) is 27.2 Å². The molecule has 0 amide bonds. The number of rotatable bonds is 2. The summed E-state index contributed by atoms with van der Waals surface area (Å²) in [7, 11) is 0. The number of aliphatic hydroxyl groups excluding tert-OH is 1. The van der Waals surface area contributed by atoms with Gasteiger partial charge in [0.15, 0.2) is 5.82 Å². The Kier molecular flexibility index (Phi) is 2.91. The van der Waals surface area contributed by atoms with Gasteiger partial charge in [-0.15, -0.1) is 0 Å². The van der Waals surface area contributed by atoms with Crippen LogP contribution >= 0.6 is 11.6 Å². The zero-order chi connectivity index (χ0) is 12.8. The van der Waals surface area contributed by atoms with E-state index in [4.69, 9.17) is 17.3 Å². The molecule has 0 radical (unpaired) electrons. The van der Waals surface area contributed by atoms with Crippen LogP contribution in [0.25, 0.3) is 0 Å². The predicted molar refractivity (Wildman–Crippen MR) is 68.0 cm³/mol. The molecule has 1 fully saturated rings. The number of hydrogen-bond acceptors (Lipinski definition) is 5. The molecule has 0 aromatic carbocycles. The molecule has 1 aromatic rings. The van der Waals surface area contributed by atoms with E-state index in [1.54, 1.807) is 6.92 Å². The molecule has 6 heteroatoms. The van der Waals surface area contributed by atoms with Gasteiger partial charge in [-0.1, -0.05) is 13.8 Å². The van der Waals surface area contributed by atoms with Crippen LogP contribution < -0.4 is 11.1 Å². The number of aromatic nitrogens is 2. The minimum Gasteiger partial charge on any atom is -0.394 e. The summed E-state index contributed by atoms with van der Waals surface area (Å²) in [5, 5.41) is 13.1. The lowest BCUT2D eigenvalue weighted by Gasteiger charge is -2.49. The molecule has 2 rings (SSSR count). The number of nitrogens with two attached hydrogens (primary N) is 1. The first-order valence-electron chi connectivity index (χ1n) is 5.56. The highest BCUT2D eigenvalue weighted by atomic mass is 35.5. The number of aryl methyl sites for hydroxylation is 1. The van der Waals surface area contributed by atoms with Crippen molar-refractivity contribution in [1.82, 2.24) is 9.97 Å². The van der Waals surface area contributed by atoms with Crippen LogP contribution in [0.1, 0.15) is 26.0 Å². The van der Waals surface area contributed by atoms with Crippen molar-refractivity contribution in [3.05, 3.63) is 11.0 Å². The number of nitrogens with one attached hydrogen (secondary N) is 1. The van der Waals surface area contributed by atoms with E-state index in [9.17, 15) is 5.11 Å². The van der Waals surface area contributed by atoms with E-state index in [-0.39, 0.29) is 22.8 Å². The fourth-order valence-corrected chi connectivity index (χ4v) is 2.18. The Morgan fingerprint density at radius 3 is 2.65 bits per heavy atom. The summed E-state index contributed by atoms with van der Waals surface area (Å²) >= 11 is 5.80. The molecule has 0 aliphatic heterocycles. The van der Waals surface area contributed by atoms with Crippen molar-refractivity contribution >= 4 is 23.1 Å². The third-order valence-corrected chi connectivity index (χ3v) is 3.80. The molecule has 2 atom stereocenters. The maximum atomic E-state index is 9.67. The van der Waals surface area contributed by atoms with Crippen molar-refractivity contribution in [3.63, 3.8) is 0 Å². The topological polar surface area (TPSA) is 84.1 Å². The van der Waals surface area contributed by atoms with Gasteiger partial charge in [-0.25, -0.2) is 4.98 Å². The summed E-state index contributed by atoms with van der Waals surface area (Å²) in [5.41, 5.74) is 6.87. The number of aliphatic hydroxyl groups is 1. The van der Waals surface area contributed by atoms with Crippen LogP contribution in [0.3, 0.4) is 0 Å². The molecule has 2 unspecified atom stereocenters. The van der Waals surface area contributed by atoms with Gasteiger partial charge < -0.3 is 16.2 Å². The molecule has 4 N–H and O–H groups in total. The molecule has 1 aliphatic carbocycles. The Balaban J connectivity index is 2.20. The first kappa shape index (κ1) is 12.4. The molecule has 94 valence electrons. The van der Waals surface area contributed by atoms with E-state index in [1.807, 2.05) is 13.8 Å². The van der Waals surface area contributed by atoms with Gasteiger partial charge in [-0.05, 0) is 24.9 Å². The van der Waals surface area contributed by atoms with Gasteiger partial charge in [0, 0.05) is 11.5 Å². The molecule has 0 saturated heterocycles. The van der Waals surface area contributed by atoms with Crippen LogP contribution in [0.5, 0.6) is 0 Å². The second-order valence-corrected chi connectivity index (χ2v) is 5.45. The third-order valence-electron chi connectivity index (χ3n) is 3.64. The number of halogens is 1. The fourth-order valence-electron chi connectivity index (χ4n) is 1.97. The fraction of sp³-hybridized carbons (Fsp3) is 0.636. The first-order chi connectivity index (χ1) is 7.82. The summed E-state index contributed by atoms with van der Waals surface area (Å²) in [6, 6.07) is 0.144. The lowest BCUT2D eigenvalue weighted by molar-refractivity contribution is -0.0511. The van der Waals surface area contributed by atoms with Crippen molar-refractivity contribution in [2.45, 2.75) is 39.3 Å². The molecule has 1 aromatic heterocycles. The highest BCUT2D eigenvalue weighted by molar-refractivity contribution is 6.28. The summed E-state index contributed by atoms with van der Waals surface area (Å²) in [5.74, 6) is 0.549. The van der Waals surface area contributed by atoms with Crippen molar-refractivity contribution in [2.24, 2.45) is 5.41 Å². The number of nitrogens with zero attached hydrogens (tertiary/aromatic N) is 2. The molecule has 0 spiro atoms. The standard InChI is InChI=1S/C11H17ClN4O/c1-5-8(13)9(16-10(12)14-5)15-6-4-7(17)11(6,2)3/h6-7,17H,4,13H2,1-3H3,(H,14,15,16).